The summed E-state index contributed by atoms with van der Waals surface area (Å²) < 4.78 is 0. The van der Waals surface area contributed by atoms with Crippen LogP contribution in [0.2, 0.25) is 0 Å². The Balaban J connectivity index is 1.70. The summed E-state index contributed by atoms with van der Waals surface area (Å²) in [5.41, 5.74) is 0. The van der Waals surface area contributed by atoms with Gasteiger partial charge in [0.05, 0.1) is 0 Å². The number of amides is 1. The van der Waals surface area contributed by atoms with E-state index >= 15 is 0 Å². The van der Waals surface area contributed by atoms with E-state index < -0.39 is 0 Å². The molecule has 2 saturated heterocycles. The van der Waals surface area contributed by atoms with Crippen LogP contribution in [0.5, 0.6) is 0 Å². The minimum absolute atomic E-state index is 0.375. The van der Waals surface area contributed by atoms with Crippen LogP contribution in [-0.2, 0) is 4.79 Å². The van der Waals surface area contributed by atoms with E-state index in [1.165, 1.54) is 38.8 Å². The van der Waals surface area contributed by atoms with Crippen molar-refractivity contribution in [3.05, 3.63) is 0 Å². The van der Waals surface area contributed by atoms with Crippen molar-refractivity contribution in [2.75, 3.05) is 32.7 Å². The highest BCUT2D eigenvalue weighted by atomic mass is 16.2. The number of hydrogen-bond acceptors (Lipinski definition) is 2. The largest absolute Gasteiger partial charge is 0.342 e. The van der Waals surface area contributed by atoms with Crippen molar-refractivity contribution < 1.29 is 4.79 Å². The summed E-state index contributed by atoms with van der Waals surface area (Å²) in [5, 5.41) is 0. The van der Waals surface area contributed by atoms with E-state index in [1.54, 1.807) is 0 Å². The maximum Gasteiger partial charge on any atom is 0.223 e. The van der Waals surface area contributed by atoms with Gasteiger partial charge < -0.3 is 9.80 Å². The molecule has 0 aliphatic carbocycles. The van der Waals surface area contributed by atoms with Crippen LogP contribution >= 0.6 is 0 Å². The molecule has 0 aromatic heterocycles. The van der Waals surface area contributed by atoms with Gasteiger partial charge in [0.15, 0.2) is 0 Å². The van der Waals surface area contributed by atoms with Crippen LogP contribution in [0.4, 0.5) is 0 Å². The number of nitrogens with zero attached hydrogens (tertiary/aromatic N) is 2. The lowest BCUT2D eigenvalue weighted by molar-refractivity contribution is -0.133. The maximum atomic E-state index is 12.2. The Morgan fingerprint density at radius 3 is 2.39 bits per heavy atom. The minimum atomic E-state index is 0.375. The topological polar surface area (TPSA) is 23.6 Å². The van der Waals surface area contributed by atoms with Crippen molar-refractivity contribution >= 4 is 5.91 Å². The van der Waals surface area contributed by atoms with Gasteiger partial charge in [0.25, 0.3) is 0 Å². The zero-order chi connectivity index (χ0) is 13.0. The van der Waals surface area contributed by atoms with Crippen LogP contribution in [-0.4, -0.2) is 48.4 Å². The first kappa shape index (κ1) is 13.9. The Bertz CT molecular complexity index is 280. The van der Waals surface area contributed by atoms with Crippen LogP contribution < -0.4 is 0 Å². The van der Waals surface area contributed by atoms with Crippen molar-refractivity contribution in [1.82, 2.24) is 9.80 Å². The number of rotatable bonds is 3. The third-order valence-electron chi connectivity index (χ3n) is 4.39. The Hall–Kier alpha value is -0.570. The van der Waals surface area contributed by atoms with Gasteiger partial charge in [0.2, 0.25) is 5.91 Å². The van der Waals surface area contributed by atoms with Crippen molar-refractivity contribution in [3.8, 4) is 0 Å². The molecule has 2 fully saturated rings. The van der Waals surface area contributed by atoms with Crippen molar-refractivity contribution in [1.29, 1.82) is 0 Å². The molecule has 3 nitrogen and oxygen atoms in total. The first-order chi connectivity index (χ1) is 8.65. The molecule has 0 saturated carbocycles. The number of carbonyl (C=O) groups is 1. The number of piperidine rings is 2. The van der Waals surface area contributed by atoms with E-state index in [0.29, 0.717) is 11.8 Å². The SMILES string of the molecule is CC1CCCN(CCC(=O)N2CCCC(C)C2)C1. The minimum Gasteiger partial charge on any atom is -0.342 e. The van der Waals surface area contributed by atoms with E-state index in [9.17, 15) is 4.79 Å². The average molecular weight is 252 g/mol. The predicted octanol–water partition coefficient (Wildman–Crippen LogP) is 2.37. The maximum absolute atomic E-state index is 12.2. The molecule has 2 rings (SSSR count). The molecule has 2 aliphatic rings. The van der Waals surface area contributed by atoms with Gasteiger partial charge in [-0.1, -0.05) is 13.8 Å². The lowest BCUT2D eigenvalue weighted by Gasteiger charge is -2.33. The second kappa shape index (κ2) is 6.55. The van der Waals surface area contributed by atoms with Crippen LogP contribution in [0.25, 0.3) is 0 Å². The lowest BCUT2D eigenvalue weighted by atomic mass is 9.99. The summed E-state index contributed by atoms with van der Waals surface area (Å²) in [7, 11) is 0. The standard InChI is InChI=1S/C15H28N2O/c1-13-5-3-8-16(11-13)10-7-15(18)17-9-4-6-14(2)12-17/h13-14H,3-12H2,1-2H3. The smallest absolute Gasteiger partial charge is 0.223 e. The molecule has 18 heavy (non-hydrogen) atoms. The fourth-order valence-electron chi connectivity index (χ4n) is 3.32. The highest BCUT2D eigenvalue weighted by Gasteiger charge is 2.22. The lowest BCUT2D eigenvalue weighted by Crippen LogP contribution is -2.42. The van der Waals surface area contributed by atoms with E-state index in [0.717, 1.165) is 32.0 Å². The molecule has 0 aromatic carbocycles. The molecule has 0 aromatic rings. The van der Waals surface area contributed by atoms with Crippen LogP contribution in [0.3, 0.4) is 0 Å². The molecule has 3 heteroatoms. The van der Waals surface area contributed by atoms with Gasteiger partial charge in [-0.3, -0.25) is 4.79 Å². The van der Waals surface area contributed by atoms with Crippen LogP contribution in [0, 0.1) is 11.8 Å². The monoisotopic (exact) mass is 252 g/mol. The summed E-state index contributed by atoms with van der Waals surface area (Å²) in [6.45, 7) is 9.88. The highest BCUT2D eigenvalue weighted by molar-refractivity contribution is 5.76. The van der Waals surface area contributed by atoms with Crippen LogP contribution in [0.1, 0.15) is 46.0 Å². The van der Waals surface area contributed by atoms with Crippen LogP contribution in [0.15, 0.2) is 0 Å². The Kier molecular flexibility index (Phi) is 5.04. The number of hydrogen-bond donors (Lipinski definition) is 0. The first-order valence-electron chi connectivity index (χ1n) is 7.65. The van der Waals surface area contributed by atoms with Gasteiger partial charge in [0.1, 0.15) is 0 Å². The second-order valence-corrected chi connectivity index (χ2v) is 6.39. The van der Waals surface area contributed by atoms with Gasteiger partial charge in [-0.25, -0.2) is 0 Å². The average Bonchev–Trinajstić information content (AvgIpc) is 2.36. The normalized spacial score (nSPS) is 30.4. The van der Waals surface area contributed by atoms with E-state index in [2.05, 4.69) is 23.6 Å². The summed E-state index contributed by atoms with van der Waals surface area (Å²) in [6.07, 6.45) is 5.85. The summed E-state index contributed by atoms with van der Waals surface area (Å²) in [4.78, 5) is 16.7. The highest BCUT2D eigenvalue weighted by Crippen LogP contribution is 2.18. The fraction of sp³-hybridized carbons (Fsp3) is 0.933. The molecule has 0 N–H and O–H groups in total. The van der Waals surface area contributed by atoms with Crippen molar-refractivity contribution in [2.45, 2.75) is 46.0 Å². The molecule has 2 atom stereocenters. The van der Waals surface area contributed by atoms with Crippen molar-refractivity contribution in [2.24, 2.45) is 11.8 Å². The molecule has 104 valence electrons. The molecule has 2 unspecified atom stereocenters. The third-order valence-corrected chi connectivity index (χ3v) is 4.39. The molecule has 2 heterocycles. The van der Waals surface area contributed by atoms with Gasteiger partial charge in [-0.15, -0.1) is 0 Å². The number of carbonyl (C=O) groups excluding carboxylic acids is 1. The summed E-state index contributed by atoms with van der Waals surface area (Å²) in [6, 6.07) is 0. The van der Waals surface area contributed by atoms with Gasteiger partial charge >= 0.3 is 0 Å². The van der Waals surface area contributed by atoms with Crippen molar-refractivity contribution in [3.63, 3.8) is 0 Å². The second-order valence-electron chi connectivity index (χ2n) is 6.39. The molecule has 2 aliphatic heterocycles. The zero-order valence-electron chi connectivity index (χ0n) is 12.0. The Morgan fingerprint density at radius 2 is 1.72 bits per heavy atom. The van der Waals surface area contributed by atoms with Gasteiger partial charge in [-0.05, 0) is 44.1 Å². The molecule has 0 bridgehead atoms. The first-order valence-corrected chi connectivity index (χ1v) is 7.65. The predicted molar refractivity (Wildman–Crippen MR) is 74.4 cm³/mol. The summed E-state index contributed by atoms with van der Waals surface area (Å²) in [5.74, 6) is 1.88. The number of likely N-dealkylation sites (tertiary alicyclic amines) is 2. The molecular formula is C15H28N2O. The quantitative estimate of drug-likeness (QED) is 0.770. The van der Waals surface area contributed by atoms with E-state index in [1.807, 2.05) is 0 Å². The molecule has 0 radical (unpaired) electrons. The van der Waals surface area contributed by atoms with Gasteiger partial charge in [-0.2, -0.15) is 0 Å². The molecular weight excluding hydrogens is 224 g/mol. The molecule has 1 amide bonds. The Morgan fingerprint density at radius 1 is 1.06 bits per heavy atom. The Labute approximate surface area is 112 Å². The fourth-order valence-corrected chi connectivity index (χ4v) is 3.32. The third kappa shape index (κ3) is 3.98. The molecule has 0 spiro atoms. The van der Waals surface area contributed by atoms with E-state index in [4.69, 9.17) is 0 Å². The van der Waals surface area contributed by atoms with Gasteiger partial charge in [0, 0.05) is 32.6 Å². The van der Waals surface area contributed by atoms with E-state index in [-0.39, 0.29) is 0 Å². The summed E-state index contributed by atoms with van der Waals surface area (Å²) >= 11 is 0. The zero-order valence-corrected chi connectivity index (χ0v) is 12.0.